The Morgan fingerprint density at radius 2 is 1.74 bits per heavy atom. The van der Waals surface area contributed by atoms with E-state index in [1.165, 1.54) is 18.7 Å². The third-order valence-corrected chi connectivity index (χ3v) is 6.28. The summed E-state index contributed by atoms with van der Waals surface area (Å²) >= 11 is 1.30. The lowest BCUT2D eigenvalue weighted by atomic mass is 10.1. The summed E-state index contributed by atoms with van der Waals surface area (Å²) in [5.41, 5.74) is 3.27. The van der Waals surface area contributed by atoms with Crippen molar-refractivity contribution in [2.45, 2.75) is 32.2 Å². The van der Waals surface area contributed by atoms with Gasteiger partial charge in [0.15, 0.2) is 16.8 Å². The number of nitrogens with one attached hydrogen (secondary N) is 1. The number of rotatable bonds is 10. The van der Waals surface area contributed by atoms with Crippen LogP contribution in [-0.4, -0.2) is 32.2 Å². The van der Waals surface area contributed by atoms with Crippen LogP contribution in [0.15, 0.2) is 84.0 Å². The number of benzene rings is 3. The molecule has 4 aromatic rings. The molecule has 4 rings (SSSR count). The molecule has 0 aliphatic heterocycles. The number of nitrogens with zero attached hydrogens (tertiary/aromatic N) is 3. The third-order valence-electron chi connectivity index (χ3n) is 5.31. The molecule has 3 aromatic carbocycles. The minimum atomic E-state index is -0.192. The Morgan fingerprint density at radius 3 is 2.51 bits per heavy atom. The van der Waals surface area contributed by atoms with Gasteiger partial charge in [0.25, 0.3) is 0 Å². The molecule has 0 bridgehead atoms. The highest BCUT2D eigenvalue weighted by atomic mass is 32.2. The van der Waals surface area contributed by atoms with E-state index in [1.54, 1.807) is 24.3 Å². The number of para-hydroxylation sites is 1. The molecule has 0 aliphatic rings. The van der Waals surface area contributed by atoms with E-state index in [2.05, 4.69) is 15.5 Å². The molecule has 1 heterocycles. The van der Waals surface area contributed by atoms with Crippen molar-refractivity contribution in [1.82, 2.24) is 14.8 Å². The van der Waals surface area contributed by atoms with Crippen LogP contribution in [0.5, 0.6) is 5.75 Å². The van der Waals surface area contributed by atoms with E-state index in [4.69, 9.17) is 4.74 Å². The van der Waals surface area contributed by atoms with E-state index < -0.39 is 0 Å². The maximum absolute atomic E-state index is 12.6. The molecule has 0 fully saturated rings. The highest BCUT2D eigenvalue weighted by Gasteiger charge is 2.16. The molecule has 1 aromatic heterocycles. The Hall–Kier alpha value is -3.91. The highest BCUT2D eigenvalue weighted by molar-refractivity contribution is 7.99. The number of Topliss-reactive ketones (excluding diaryl/α,β-unsaturated/α-hetero) is 1. The fourth-order valence-electron chi connectivity index (χ4n) is 3.46. The van der Waals surface area contributed by atoms with E-state index >= 15 is 0 Å². The molecule has 0 aliphatic carbocycles. The summed E-state index contributed by atoms with van der Waals surface area (Å²) in [6.07, 6.45) is 0. The van der Waals surface area contributed by atoms with Gasteiger partial charge in [-0.2, -0.15) is 0 Å². The summed E-state index contributed by atoms with van der Waals surface area (Å²) in [5, 5.41) is 12.2. The number of aromatic nitrogens is 3. The average Bonchev–Trinajstić information content (AvgIpc) is 3.24. The summed E-state index contributed by atoms with van der Waals surface area (Å²) in [7, 11) is 0. The Balaban J connectivity index is 1.47. The van der Waals surface area contributed by atoms with Gasteiger partial charge < -0.3 is 10.1 Å². The molecule has 7 nitrogen and oxygen atoms in total. The fraction of sp³-hybridized carbons (Fsp3) is 0.185. The smallest absolute Gasteiger partial charge is 0.234 e. The molecular weight excluding hydrogens is 460 g/mol. The van der Waals surface area contributed by atoms with Gasteiger partial charge in [0.05, 0.1) is 12.3 Å². The van der Waals surface area contributed by atoms with Gasteiger partial charge >= 0.3 is 0 Å². The lowest BCUT2D eigenvalue weighted by Crippen LogP contribution is -2.15. The Bertz CT molecular complexity index is 1320. The molecule has 0 unspecified atom stereocenters. The maximum atomic E-state index is 12.6. The van der Waals surface area contributed by atoms with Gasteiger partial charge in [0.2, 0.25) is 5.91 Å². The fourth-order valence-corrected chi connectivity index (χ4v) is 4.22. The summed E-state index contributed by atoms with van der Waals surface area (Å²) in [5.74, 6) is 1.38. The first kappa shape index (κ1) is 24.2. The SMILES string of the molecule is CC(=O)c1cccc(NC(=O)CSc2nnc(COc3ccccc3C)n2Cc2ccccc2)c1. The van der Waals surface area contributed by atoms with E-state index in [0.717, 1.165) is 16.9 Å². The number of amides is 1. The molecule has 8 heteroatoms. The average molecular weight is 487 g/mol. The van der Waals surface area contributed by atoms with Gasteiger partial charge in [-0.3, -0.25) is 14.2 Å². The molecule has 178 valence electrons. The third kappa shape index (κ3) is 6.58. The number of ketones is 1. The Kier molecular flexibility index (Phi) is 7.95. The van der Waals surface area contributed by atoms with Gasteiger partial charge in [-0.05, 0) is 43.2 Å². The van der Waals surface area contributed by atoms with Crippen LogP contribution in [-0.2, 0) is 17.9 Å². The standard InChI is InChI=1S/C27H26N4O3S/c1-19-9-6-7-14-24(19)34-17-25-29-30-27(31(25)16-21-10-4-3-5-11-21)35-18-26(33)28-23-13-8-12-22(15-23)20(2)32/h3-15H,16-18H2,1-2H3,(H,28,33). The van der Waals surface area contributed by atoms with Crippen LogP contribution in [0.4, 0.5) is 5.69 Å². The predicted octanol–water partition coefficient (Wildman–Crippen LogP) is 5.15. The summed E-state index contributed by atoms with van der Waals surface area (Å²) in [6, 6.07) is 24.7. The van der Waals surface area contributed by atoms with Crippen LogP contribution in [0.2, 0.25) is 0 Å². The molecule has 35 heavy (non-hydrogen) atoms. The number of hydrogen-bond acceptors (Lipinski definition) is 6. The normalized spacial score (nSPS) is 10.7. The number of hydrogen-bond donors (Lipinski definition) is 1. The van der Waals surface area contributed by atoms with Crippen molar-refractivity contribution in [2.75, 3.05) is 11.1 Å². The lowest BCUT2D eigenvalue weighted by molar-refractivity contribution is -0.113. The number of anilines is 1. The van der Waals surface area contributed by atoms with Crippen molar-refractivity contribution in [3.8, 4) is 5.75 Å². The van der Waals surface area contributed by atoms with Crippen molar-refractivity contribution in [3.05, 3.63) is 101 Å². The second-order valence-corrected chi connectivity index (χ2v) is 8.94. The van der Waals surface area contributed by atoms with Crippen LogP contribution in [0.25, 0.3) is 0 Å². The number of ether oxygens (including phenoxy) is 1. The highest BCUT2D eigenvalue weighted by Crippen LogP contribution is 2.22. The van der Waals surface area contributed by atoms with E-state index in [0.29, 0.717) is 28.8 Å². The van der Waals surface area contributed by atoms with Crippen molar-refractivity contribution in [3.63, 3.8) is 0 Å². The first-order valence-electron chi connectivity index (χ1n) is 11.2. The molecule has 0 spiro atoms. The van der Waals surface area contributed by atoms with Crippen molar-refractivity contribution in [1.29, 1.82) is 0 Å². The molecule has 0 saturated heterocycles. The predicted molar refractivity (Wildman–Crippen MR) is 137 cm³/mol. The van der Waals surface area contributed by atoms with Crippen LogP contribution < -0.4 is 10.1 Å². The van der Waals surface area contributed by atoms with E-state index in [-0.39, 0.29) is 24.1 Å². The maximum Gasteiger partial charge on any atom is 0.234 e. The zero-order valence-corrected chi connectivity index (χ0v) is 20.4. The topological polar surface area (TPSA) is 86.1 Å². The minimum Gasteiger partial charge on any atom is -0.485 e. The van der Waals surface area contributed by atoms with Crippen LogP contribution in [0, 0.1) is 6.92 Å². The monoisotopic (exact) mass is 486 g/mol. The van der Waals surface area contributed by atoms with Crippen molar-refractivity contribution >= 4 is 29.1 Å². The van der Waals surface area contributed by atoms with Crippen molar-refractivity contribution < 1.29 is 14.3 Å². The molecule has 0 saturated carbocycles. The first-order chi connectivity index (χ1) is 17.0. The van der Waals surface area contributed by atoms with E-state index in [9.17, 15) is 9.59 Å². The summed E-state index contributed by atoms with van der Waals surface area (Å²) < 4.78 is 7.98. The summed E-state index contributed by atoms with van der Waals surface area (Å²) in [4.78, 5) is 24.2. The van der Waals surface area contributed by atoms with Crippen molar-refractivity contribution in [2.24, 2.45) is 0 Å². The second kappa shape index (κ2) is 11.5. The van der Waals surface area contributed by atoms with Gasteiger partial charge in [0.1, 0.15) is 12.4 Å². The molecule has 1 amide bonds. The van der Waals surface area contributed by atoms with Gasteiger partial charge in [0, 0.05) is 11.3 Å². The molecule has 1 N–H and O–H groups in total. The first-order valence-corrected chi connectivity index (χ1v) is 12.2. The number of carbonyl (C=O) groups is 2. The number of aryl methyl sites for hydroxylation is 1. The zero-order valence-electron chi connectivity index (χ0n) is 19.6. The largest absolute Gasteiger partial charge is 0.485 e. The van der Waals surface area contributed by atoms with Crippen LogP contribution >= 0.6 is 11.8 Å². The van der Waals surface area contributed by atoms with Gasteiger partial charge in [-0.1, -0.05) is 72.4 Å². The number of carbonyl (C=O) groups excluding carboxylic acids is 2. The second-order valence-electron chi connectivity index (χ2n) is 8.00. The molecule has 0 atom stereocenters. The Labute approximate surface area is 208 Å². The lowest BCUT2D eigenvalue weighted by Gasteiger charge is -2.12. The van der Waals surface area contributed by atoms with Gasteiger partial charge in [-0.15, -0.1) is 10.2 Å². The molecular formula is C27H26N4O3S. The van der Waals surface area contributed by atoms with Crippen LogP contribution in [0.3, 0.4) is 0 Å². The minimum absolute atomic E-state index is 0.0510. The Morgan fingerprint density at radius 1 is 0.971 bits per heavy atom. The van der Waals surface area contributed by atoms with E-state index in [1.807, 2.05) is 66.1 Å². The quantitative estimate of drug-likeness (QED) is 0.247. The zero-order chi connectivity index (χ0) is 24.6. The molecule has 0 radical (unpaired) electrons. The van der Waals surface area contributed by atoms with Gasteiger partial charge in [-0.25, -0.2) is 0 Å². The summed E-state index contributed by atoms with van der Waals surface area (Å²) in [6.45, 7) is 4.31. The number of thioether (sulfide) groups is 1. The van der Waals surface area contributed by atoms with Crippen LogP contribution in [0.1, 0.15) is 34.2 Å².